The van der Waals surface area contributed by atoms with Gasteiger partial charge in [0.2, 0.25) is 10.0 Å². The Balaban J connectivity index is 0.000000280. The Morgan fingerprint density at radius 3 is 2.00 bits per heavy atom. The molecule has 0 aromatic carbocycles. The lowest BCUT2D eigenvalue weighted by atomic mass is 10.2. The lowest BCUT2D eigenvalue weighted by molar-refractivity contribution is 0.520. The van der Waals surface area contributed by atoms with Crippen LogP contribution in [-0.2, 0) is 10.0 Å². The van der Waals surface area contributed by atoms with Gasteiger partial charge in [0, 0.05) is 0 Å². The third-order valence-corrected chi connectivity index (χ3v) is 3.10. The van der Waals surface area contributed by atoms with Crippen LogP contribution in [0.1, 0.15) is 45.4 Å². The van der Waals surface area contributed by atoms with Gasteiger partial charge in [-0.15, -0.1) is 0 Å². The average Bonchev–Trinajstić information content (AvgIpc) is 2.20. The van der Waals surface area contributed by atoms with Gasteiger partial charge in [0.05, 0.1) is 5.75 Å². The quantitative estimate of drug-likeness (QED) is 0.721. The summed E-state index contributed by atoms with van der Waals surface area (Å²) in [5.74, 6) is 0.126. The molecule has 0 atom stereocenters. The number of sulfonamides is 1. The normalized spacial score (nSPS) is 16.7. The summed E-state index contributed by atoms with van der Waals surface area (Å²) < 4.78 is 20.6. The van der Waals surface area contributed by atoms with E-state index in [9.17, 15) is 8.42 Å². The Morgan fingerprint density at radius 2 is 1.73 bits per heavy atom. The van der Waals surface area contributed by atoms with E-state index < -0.39 is 10.0 Å². The standard InChI is InChI=1S/C5H13NO2S.C5H11N/c1-2-3-4-5-9(6,7)8;1-2-4-6-5-3-1/h2-5H2,1H3,(H2,6,7,8);6H,1-5H2. The third-order valence-electron chi connectivity index (χ3n) is 2.24. The van der Waals surface area contributed by atoms with Crippen molar-refractivity contribution in [2.75, 3.05) is 18.8 Å². The van der Waals surface area contributed by atoms with Gasteiger partial charge in [-0.25, -0.2) is 13.6 Å². The first-order valence-electron chi connectivity index (χ1n) is 5.77. The molecule has 0 amide bonds. The van der Waals surface area contributed by atoms with Gasteiger partial charge < -0.3 is 5.32 Å². The van der Waals surface area contributed by atoms with Crippen LogP contribution in [0, 0.1) is 0 Å². The number of hydrogen-bond acceptors (Lipinski definition) is 3. The van der Waals surface area contributed by atoms with Crippen LogP contribution in [0.5, 0.6) is 0 Å². The molecule has 1 aliphatic heterocycles. The fraction of sp³-hybridized carbons (Fsp3) is 1.00. The second kappa shape index (κ2) is 9.12. The molecule has 0 aromatic heterocycles. The van der Waals surface area contributed by atoms with Crippen LogP contribution < -0.4 is 10.5 Å². The highest BCUT2D eigenvalue weighted by Crippen LogP contribution is 1.96. The molecule has 4 nitrogen and oxygen atoms in total. The molecule has 0 spiro atoms. The second-order valence-electron chi connectivity index (χ2n) is 3.88. The monoisotopic (exact) mass is 236 g/mol. The Kier molecular flexibility index (Phi) is 9.04. The van der Waals surface area contributed by atoms with Crippen LogP contribution in [0.15, 0.2) is 0 Å². The van der Waals surface area contributed by atoms with E-state index in [2.05, 4.69) is 5.32 Å². The predicted molar refractivity (Wildman–Crippen MR) is 64.2 cm³/mol. The second-order valence-corrected chi connectivity index (χ2v) is 5.62. The molecule has 1 heterocycles. The maximum Gasteiger partial charge on any atom is 0.209 e. The number of piperidine rings is 1. The predicted octanol–water partition coefficient (Wildman–Crippen LogP) is 1.22. The molecule has 0 saturated carbocycles. The van der Waals surface area contributed by atoms with Gasteiger partial charge in [-0.3, -0.25) is 0 Å². The van der Waals surface area contributed by atoms with E-state index in [0.717, 1.165) is 12.8 Å². The molecule has 0 bridgehead atoms. The van der Waals surface area contributed by atoms with Gasteiger partial charge in [-0.2, -0.15) is 0 Å². The molecular formula is C10H24N2O2S. The molecule has 1 fully saturated rings. The molecule has 0 unspecified atom stereocenters. The van der Waals surface area contributed by atoms with E-state index >= 15 is 0 Å². The highest BCUT2D eigenvalue weighted by Gasteiger charge is 1.99. The number of nitrogens with two attached hydrogens (primary N) is 1. The molecule has 0 radical (unpaired) electrons. The molecule has 3 N–H and O–H groups in total. The van der Waals surface area contributed by atoms with E-state index in [1.165, 1.54) is 32.4 Å². The van der Waals surface area contributed by atoms with E-state index in [-0.39, 0.29) is 5.75 Å². The molecular weight excluding hydrogens is 212 g/mol. The number of hydrogen-bond donors (Lipinski definition) is 2. The number of primary sulfonamides is 1. The van der Waals surface area contributed by atoms with Crippen LogP contribution in [0.3, 0.4) is 0 Å². The summed E-state index contributed by atoms with van der Waals surface area (Å²) in [5, 5.41) is 8.03. The van der Waals surface area contributed by atoms with E-state index in [4.69, 9.17) is 5.14 Å². The zero-order chi connectivity index (χ0) is 11.6. The summed E-state index contributed by atoms with van der Waals surface area (Å²) in [4.78, 5) is 0. The van der Waals surface area contributed by atoms with Crippen LogP contribution >= 0.6 is 0 Å². The fourth-order valence-electron chi connectivity index (χ4n) is 1.36. The average molecular weight is 236 g/mol. The van der Waals surface area contributed by atoms with Crippen molar-refractivity contribution in [3.63, 3.8) is 0 Å². The summed E-state index contributed by atoms with van der Waals surface area (Å²) in [6.45, 7) is 4.52. The smallest absolute Gasteiger partial charge is 0.209 e. The van der Waals surface area contributed by atoms with Gasteiger partial charge >= 0.3 is 0 Å². The maximum absolute atomic E-state index is 10.3. The van der Waals surface area contributed by atoms with Gasteiger partial charge in [0.25, 0.3) is 0 Å². The number of nitrogens with one attached hydrogen (secondary N) is 1. The summed E-state index contributed by atoms with van der Waals surface area (Å²) in [5.41, 5.74) is 0. The van der Waals surface area contributed by atoms with Crippen LogP contribution in [0.25, 0.3) is 0 Å². The summed E-state index contributed by atoms with van der Waals surface area (Å²) in [7, 11) is -3.20. The van der Waals surface area contributed by atoms with Crippen molar-refractivity contribution < 1.29 is 8.42 Å². The topological polar surface area (TPSA) is 72.2 Å². The van der Waals surface area contributed by atoms with Crippen LogP contribution in [0.4, 0.5) is 0 Å². The molecule has 15 heavy (non-hydrogen) atoms. The Labute approximate surface area is 93.7 Å². The Bertz CT molecular complexity index is 212. The highest BCUT2D eigenvalue weighted by atomic mass is 32.2. The van der Waals surface area contributed by atoms with Crippen molar-refractivity contribution in [3.8, 4) is 0 Å². The van der Waals surface area contributed by atoms with Gasteiger partial charge in [0.15, 0.2) is 0 Å². The largest absolute Gasteiger partial charge is 0.317 e. The van der Waals surface area contributed by atoms with Crippen molar-refractivity contribution in [2.24, 2.45) is 5.14 Å². The molecule has 0 aliphatic carbocycles. The first-order chi connectivity index (χ1) is 7.06. The van der Waals surface area contributed by atoms with Crippen LogP contribution in [-0.4, -0.2) is 27.3 Å². The van der Waals surface area contributed by atoms with Crippen LogP contribution in [0.2, 0.25) is 0 Å². The number of unbranched alkanes of at least 4 members (excludes halogenated alkanes) is 2. The van der Waals surface area contributed by atoms with Gasteiger partial charge in [0.1, 0.15) is 0 Å². The first kappa shape index (κ1) is 14.9. The SMILES string of the molecule is C1CCNCC1.CCCCCS(N)(=O)=O. The van der Waals surface area contributed by atoms with Crippen molar-refractivity contribution in [2.45, 2.75) is 45.4 Å². The van der Waals surface area contributed by atoms with E-state index in [0.29, 0.717) is 6.42 Å². The minimum atomic E-state index is -3.20. The van der Waals surface area contributed by atoms with E-state index in [1.54, 1.807) is 0 Å². The highest BCUT2D eigenvalue weighted by molar-refractivity contribution is 7.89. The van der Waals surface area contributed by atoms with Gasteiger partial charge in [-0.1, -0.05) is 26.2 Å². The lowest BCUT2D eigenvalue weighted by Gasteiger charge is -2.08. The van der Waals surface area contributed by atoms with Crippen molar-refractivity contribution in [3.05, 3.63) is 0 Å². The van der Waals surface area contributed by atoms with Crippen molar-refractivity contribution >= 4 is 10.0 Å². The molecule has 92 valence electrons. The van der Waals surface area contributed by atoms with E-state index in [1.807, 2.05) is 6.92 Å². The zero-order valence-corrected chi connectivity index (χ0v) is 10.5. The molecule has 1 aliphatic rings. The minimum absolute atomic E-state index is 0.126. The zero-order valence-electron chi connectivity index (χ0n) is 9.67. The Hall–Kier alpha value is -0.130. The summed E-state index contributed by atoms with van der Waals surface area (Å²) in [6.07, 6.45) is 6.87. The molecule has 1 rings (SSSR count). The third kappa shape index (κ3) is 13.9. The summed E-state index contributed by atoms with van der Waals surface area (Å²) in [6, 6.07) is 0. The van der Waals surface area contributed by atoms with Crippen molar-refractivity contribution in [1.82, 2.24) is 5.32 Å². The molecule has 0 aromatic rings. The minimum Gasteiger partial charge on any atom is -0.317 e. The number of rotatable bonds is 4. The lowest BCUT2D eigenvalue weighted by Crippen LogP contribution is -2.21. The summed E-state index contributed by atoms with van der Waals surface area (Å²) >= 11 is 0. The van der Waals surface area contributed by atoms with Gasteiger partial charge in [-0.05, 0) is 32.4 Å². The first-order valence-corrected chi connectivity index (χ1v) is 7.49. The Morgan fingerprint density at radius 1 is 1.13 bits per heavy atom. The molecule has 1 saturated heterocycles. The maximum atomic E-state index is 10.3. The van der Waals surface area contributed by atoms with Crippen molar-refractivity contribution in [1.29, 1.82) is 0 Å². The molecule has 5 heteroatoms. The fourth-order valence-corrected chi connectivity index (χ4v) is 1.96.